The summed E-state index contributed by atoms with van der Waals surface area (Å²) in [5, 5.41) is 0. The van der Waals surface area contributed by atoms with Gasteiger partial charge in [0.25, 0.3) is 0 Å². The zero-order valence-corrected chi connectivity index (χ0v) is 21.7. The monoisotopic (exact) mass is 535 g/mol. The third kappa shape index (κ3) is 5.71. The van der Waals surface area contributed by atoms with Crippen molar-refractivity contribution in [1.29, 1.82) is 0 Å². The van der Waals surface area contributed by atoms with Crippen LogP contribution in [0.2, 0.25) is 0 Å². The summed E-state index contributed by atoms with van der Waals surface area (Å²) in [6.07, 6.45) is -3.22. The zero-order valence-electron chi connectivity index (χ0n) is 21.7. The highest BCUT2D eigenvalue weighted by atomic mass is 19.4. The summed E-state index contributed by atoms with van der Waals surface area (Å²) in [4.78, 5) is 32.7. The molecule has 2 heterocycles. The number of amides is 2. The summed E-state index contributed by atoms with van der Waals surface area (Å²) >= 11 is 0. The van der Waals surface area contributed by atoms with Gasteiger partial charge in [-0.05, 0) is 35.6 Å². The van der Waals surface area contributed by atoms with E-state index < -0.39 is 17.2 Å². The van der Waals surface area contributed by atoms with E-state index in [1.54, 1.807) is 15.9 Å². The number of benzene rings is 3. The van der Waals surface area contributed by atoms with Crippen LogP contribution in [0.5, 0.6) is 0 Å². The fourth-order valence-electron chi connectivity index (χ4n) is 5.75. The molecule has 2 fully saturated rings. The fourth-order valence-corrected chi connectivity index (χ4v) is 5.75. The van der Waals surface area contributed by atoms with Crippen molar-refractivity contribution in [3.63, 3.8) is 0 Å². The molecule has 5 nitrogen and oxygen atoms in total. The van der Waals surface area contributed by atoms with Gasteiger partial charge in [-0.2, -0.15) is 13.2 Å². The van der Waals surface area contributed by atoms with Crippen LogP contribution in [0.3, 0.4) is 0 Å². The van der Waals surface area contributed by atoms with Gasteiger partial charge in [-0.25, -0.2) is 0 Å². The Balaban J connectivity index is 1.17. The van der Waals surface area contributed by atoms with Crippen molar-refractivity contribution in [1.82, 2.24) is 14.7 Å². The number of halogens is 3. The Morgan fingerprint density at radius 2 is 1.41 bits per heavy atom. The highest BCUT2D eigenvalue weighted by Gasteiger charge is 2.49. The number of likely N-dealkylation sites (tertiary alicyclic amines) is 1. The normalized spacial score (nSPS) is 18.0. The molecule has 0 spiro atoms. The maximum Gasteiger partial charge on any atom is 0.416 e. The second kappa shape index (κ2) is 11.2. The van der Waals surface area contributed by atoms with Gasteiger partial charge in [-0.15, -0.1) is 0 Å². The molecule has 2 aliphatic rings. The van der Waals surface area contributed by atoms with Crippen LogP contribution in [0.4, 0.5) is 13.2 Å². The molecule has 5 rings (SSSR count). The summed E-state index contributed by atoms with van der Waals surface area (Å²) in [7, 11) is 0. The van der Waals surface area contributed by atoms with Gasteiger partial charge < -0.3 is 9.80 Å². The molecule has 204 valence electrons. The topological polar surface area (TPSA) is 43.9 Å². The van der Waals surface area contributed by atoms with E-state index in [4.69, 9.17) is 0 Å². The third-order valence-corrected chi connectivity index (χ3v) is 7.96. The minimum absolute atomic E-state index is 0.0461. The van der Waals surface area contributed by atoms with Crippen LogP contribution >= 0.6 is 0 Å². The Kier molecular flexibility index (Phi) is 7.75. The lowest BCUT2D eigenvalue weighted by Crippen LogP contribution is -2.52. The van der Waals surface area contributed by atoms with Crippen LogP contribution in [0.1, 0.15) is 28.7 Å². The average molecular weight is 536 g/mol. The van der Waals surface area contributed by atoms with E-state index in [1.165, 1.54) is 12.1 Å². The van der Waals surface area contributed by atoms with Crippen LogP contribution < -0.4 is 0 Å². The van der Waals surface area contributed by atoms with E-state index >= 15 is 0 Å². The van der Waals surface area contributed by atoms with Crippen molar-refractivity contribution in [2.24, 2.45) is 0 Å². The van der Waals surface area contributed by atoms with Gasteiger partial charge in [0.05, 0.1) is 12.1 Å². The maximum atomic E-state index is 13.9. The van der Waals surface area contributed by atoms with E-state index in [1.807, 2.05) is 60.7 Å². The molecule has 0 aliphatic carbocycles. The first kappa shape index (κ1) is 26.9. The van der Waals surface area contributed by atoms with Crippen LogP contribution in [0.15, 0.2) is 84.9 Å². The highest BCUT2D eigenvalue weighted by Crippen LogP contribution is 2.42. The first-order chi connectivity index (χ1) is 18.8. The van der Waals surface area contributed by atoms with Gasteiger partial charge in [0.2, 0.25) is 11.8 Å². The minimum atomic E-state index is -4.35. The van der Waals surface area contributed by atoms with Crippen molar-refractivity contribution in [2.45, 2.75) is 24.4 Å². The maximum absolute atomic E-state index is 13.9. The molecule has 0 aromatic heterocycles. The van der Waals surface area contributed by atoms with Gasteiger partial charge in [0.15, 0.2) is 0 Å². The number of hydrogen-bond acceptors (Lipinski definition) is 3. The number of alkyl halides is 3. The number of hydrogen-bond donors (Lipinski definition) is 0. The fraction of sp³-hybridized carbons (Fsp3) is 0.355. The third-order valence-electron chi connectivity index (χ3n) is 7.96. The number of piperazine rings is 1. The molecule has 0 atom stereocenters. The summed E-state index contributed by atoms with van der Waals surface area (Å²) in [5.74, 6) is -0.120. The van der Waals surface area contributed by atoms with Crippen LogP contribution in [0, 0.1) is 0 Å². The van der Waals surface area contributed by atoms with Gasteiger partial charge >= 0.3 is 6.18 Å². The second-order valence-electron chi connectivity index (χ2n) is 10.3. The summed E-state index contributed by atoms with van der Waals surface area (Å²) < 4.78 is 39.0. The molecular formula is C31H32F3N3O2. The van der Waals surface area contributed by atoms with E-state index in [0.717, 1.165) is 17.2 Å². The Labute approximate surface area is 226 Å². The van der Waals surface area contributed by atoms with Gasteiger partial charge in [0, 0.05) is 39.3 Å². The Morgan fingerprint density at radius 3 is 2.00 bits per heavy atom. The molecule has 0 saturated carbocycles. The lowest BCUT2D eigenvalue weighted by molar-refractivity contribution is -0.140. The summed E-state index contributed by atoms with van der Waals surface area (Å²) in [6.45, 7) is 3.55. The first-order valence-corrected chi connectivity index (χ1v) is 13.3. The van der Waals surface area contributed by atoms with Crippen molar-refractivity contribution in [3.8, 4) is 0 Å². The Bertz CT molecular complexity index is 1250. The van der Waals surface area contributed by atoms with E-state index in [0.29, 0.717) is 57.7 Å². The van der Waals surface area contributed by atoms with E-state index in [-0.39, 0.29) is 18.4 Å². The summed E-state index contributed by atoms with van der Waals surface area (Å²) in [6, 6.07) is 25.0. The molecule has 0 bridgehead atoms. The largest absolute Gasteiger partial charge is 0.416 e. The quantitative estimate of drug-likeness (QED) is 0.444. The molecule has 8 heteroatoms. The minimum Gasteiger partial charge on any atom is -0.339 e. The van der Waals surface area contributed by atoms with Crippen molar-refractivity contribution < 1.29 is 22.8 Å². The first-order valence-electron chi connectivity index (χ1n) is 13.3. The van der Waals surface area contributed by atoms with Crippen molar-refractivity contribution >= 4 is 11.8 Å². The van der Waals surface area contributed by atoms with Crippen molar-refractivity contribution in [3.05, 3.63) is 107 Å². The second-order valence-corrected chi connectivity index (χ2v) is 10.3. The molecule has 2 saturated heterocycles. The lowest BCUT2D eigenvalue weighted by Gasteiger charge is -2.35. The molecule has 0 radical (unpaired) electrons. The molecule has 39 heavy (non-hydrogen) atoms. The Morgan fingerprint density at radius 1 is 0.795 bits per heavy atom. The number of carbonyl (C=O) groups is 2. The van der Waals surface area contributed by atoms with Crippen LogP contribution in [0.25, 0.3) is 0 Å². The summed E-state index contributed by atoms with van der Waals surface area (Å²) in [5.41, 5.74) is 1.09. The molecule has 2 aliphatic heterocycles. The lowest BCUT2D eigenvalue weighted by atomic mass is 9.73. The predicted molar refractivity (Wildman–Crippen MR) is 143 cm³/mol. The van der Waals surface area contributed by atoms with Gasteiger partial charge in [-0.3, -0.25) is 14.5 Å². The smallest absolute Gasteiger partial charge is 0.339 e. The van der Waals surface area contributed by atoms with Gasteiger partial charge in [-0.1, -0.05) is 78.9 Å². The molecule has 0 N–H and O–H groups in total. The number of nitrogens with zero attached hydrogens (tertiary/aromatic N) is 3. The Hall–Kier alpha value is -3.65. The average Bonchev–Trinajstić information content (AvgIpc) is 3.29. The number of carbonyl (C=O) groups excluding carboxylic acids is 2. The standard InChI is InChI=1S/C31H32F3N3O2/c32-31(33,34)27-13-7-8-24(22-27)14-16-35-18-20-36(21-19-35)28(38)23-37-17-15-30(29(37)39,25-9-3-1-4-10-25)26-11-5-2-6-12-26/h1-13,22H,14-21,23H2. The molecular weight excluding hydrogens is 503 g/mol. The van der Waals surface area contributed by atoms with E-state index in [9.17, 15) is 22.8 Å². The molecule has 3 aromatic rings. The zero-order chi connectivity index (χ0) is 27.5. The SMILES string of the molecule is O=C(CN1CCC(c2ccccc2)(c2ccccc2)C1=O)N1CCN(CCc2cccc(C(F)(F)F)c2)CC1. The van der Waals surface area contributed by atoms with E-state index in [2.05, 4.69) is 4.90 Å². The molecule has 3 aromatic carbocycles. The van der Waals surface area contributed by atoms with Crippen LogP contribution in [-0.4, -0.2) is 72.3 Å². The van der Waals surface area contributed by atoms with Crippen molar-refractivity contribution in [2.75, 3.05) is 45.8 Å². The van der Waals surface area contributed by atoms with Gasteiger partial charge in [0.1, 0.15) is 5.41 Å². The highest BCUT2D eigenvalue weighted by molar-refractivity contribution is 5.96. The molecule has 2 amide bonds. The van der Waals surface area contributed by atoms with Crippen LogP contribution in [-0.2, 0) is 27.6 Å². The predicted octanol–water partition coefficient (Wildman–Crippen LogP) is 4.61. The molecule has 0 unspecified atom stereocenters. The number of rotatable bonds is 7.